The van der Waals surface area contributed by atoms with E-state index < -0.39 is 0 Å². The summed E-state index contributed by atoms with van der Waals surface area (Å²) in [7, 11) is 0. The zero-order valence-electron chi connectivity index (χ0n) is 10.1. The van der Waals surface area contributed by atoms with Crippen molar-refractivity contribution in [1.29, 1.82) is 0 Å². The third kappa shape index (κ3) is 2.54. The Bertz CT molecular complexity index is 561. The first-order valence-electron chi connectivity index (χ1n) is 5.48. The van der Waals surface area contributed by atoms with Gasteiger partial charge >= 0.3 is 0 Å². The number of anilines is 1. The van der Waals surface area contributed by atoms with Crippen LogP contribution in [0.25, 0.3) is 0 Å². The third-order valence-electron chi connectivity index (χ3n) is 2.48. The normalized spacial score (nSPS) is 10.7. The molecule has 0 aliphatic rings. The molecule has 0 aliphatic heterocycles. The predicted molar refractivity (Wildman–Crippen MR) is 73.6 cm³/mol. The number of hydrogen-bond acceptors (Lipinski definition) is 3. The molecule has 18 heavy (non-hydrogen) atoms. The molecular formula is C12H13Cl2N3O. The summed E-state index contributed by atoms with van der Waals surface area (Å²) >= 11 is 11.8. The van der Waals surface area contributed by atoms with Crippen LogP contribution in [0.3, 0.4) is 0 Å². The van der Waals surface area contributed by atoms with Gasteiger partial charge in [-0.2, -0.15) is 5.10 Å². The van der Waals surface area contributed by atoms with E-state index in [2.05, 4.69) is 5.10 Å². The number of nitrogens with zero attached hydrogens (tertiary/aromatic N) is 2. The Morgan fingerprint density at radius 2 is 1.89 bits per heavy atom. The largest absolute Gasteiger partial charge is 0.437 e. The molecule has 0 saturated heterocycles. The van der Waals surface area contributed by atoms with Gasteiger partial charge in [0.25, 0.3) is 0 Å². The van der Waals surface area contributed by atoms with E-state index >= 15 is 0 Å². The molecule has 0 saturated carbocycles. The van der Waals surface area contributed by atoms with E-state index in [0.717, 1.165) is 5.69 Å². The SMILES string of the molecule is CCn1nc(C)c(N)c1Oc1cc(Cl)cc(Cl)c1. The molecule has 0 unspecified atom stereocenters. The predicted octanol–water partition coefficient (Wildman–Crippen LogP) is 3.89. The molecule has 2 aromatic rings. The molecule has 0 spiro atoms. The minimum absolute atomic E-state index is 0.508. The minimum Gasteiger partial charge on any atom is -0.437 e. The van der Waals surface area contributed by atoms with E-state index in [0.29, 0.717) is 33.9 Å². The van der Waals surface area contributed by atoms with Crippen LogP contribution in [0.2, 0.25) is 10.0 Å². The lowest BCUT2D eigenvalue weighted by Gasteiger charge is -2.08. The summed E-state index contributed by atoms with van der Waals surface area (Å²) in [6.07, 6.45) is 0. The zero-order chi connectivity index (χ0) is 13.3. The van der Waals surface area contributed by atoms with Crippen LogP contribution in [0.15, 0.2) is 18.2 Å². The average molecular weight is 286 g/mol. The maximum absolute atomic E-state index is 5.93. The molecule has 4 nitrogen and oxygen atoms in total. The molecule has 0 amide bonds. The summed E-state index contributed by atoms with van der Waals surface area (Å²) in [5.41, 5.74) is 7.19. The number of nitrogens with two attached hydrogens (primary N) is 1. The van der Waals surface area contributed by atoms with E-state index in [4.69, 9.17) is 33.7 Å². The number of benzene rings is 1. The lowest BCUT2D eigenvalue weighted by atomic mass is 10.3. The average Bonchev–Trinajstić information content (AvgIpc) is 2.55. The Hall–Kier alpha value is -1.39. The second kappa shape index (κ2) is 5.08. The molecule has 0 aliphatic carbocycles. The molecule has 1 aromatic heterocycles. The van der Waals surface area contributed by atoms with Gasteiger partial charge in [-0.25, -0.2) is 4.68 Å². The van der Waals surface area contributed by atoms with Gasteiger partial charge in [0.1, 0.15) is 11.4 Å². The van der Waals surface area contributed by atoms with Crippen LogP contribution < -0.4 is 10.5 Å². The minimum atomic E-state index is 0.508. The quantitative estimate of drug-likeness (QED) is 0.931. The highest BCUT2D eigenvalue weighted by Crippen LogP contribution is 2.32. The van der Waals surface area contributed by atoms with Crippen LogP contribution in [-0.2, 0) is 6.54 Å². The van der Waals surface area contributed by atoms with Crippen LogP contribution in [-0.4, -0.2) is 9.78 Å². The summed E-state index contributed by atoms with van der Waals surface area (Å²) in [6, 6.07) is 4.99. The highest BCUT2D eigenvalue weighted by molar-refractivity contribution is 6.34. The molecule has 6 heteroatoms. The highest BCUT2D eigenvalue weighted by Gasteiger charge is 2.14. The van der Waals surface area contributed by atoms with Crippen LogP contribution >= 0.6 is 23.2 Å². The fourth-order valence-electron chi connectivity index (χ4n) is 1.60. The van der Waals surface area contributed by atoms with Crippen molar-refractivity contribution in [2.75, 3.05) is 5.73 Å². The van der Waals surface area contributed by atoms with E-state index in [9.17, 15) is 0 Å². The maximum atomic E-state index is 5.93. The van der Waals surface area contributed by atoms with Crippen LogP contribution in [0.1, 0.15) is 12.6 Å². The number of hydrogen-bond donors (Lipinski definition) is 1. The van der Waals surface area contributed by atoms with E-state index in [-0.39, 0.29) is 0 Å². The fraction of sp³-hybridized carbons (Fsp3) is 0.250. The smallest absolute Gasteiger partial charge is 0.241 e. The van der Waals surface area contributed by atoms with Gasteiger partial charge in [0.15, 0.2) is 0 Å². The first-order valence-corrected chi connectivity index (χ1v) is 6.23. The Morgan fingerprint density at radius 3 is 2.44 bits per heavy atom. The summed E-state index contributed by atoms with van der Waals surface area (Å²) in [6.45, 7) is 4.46. The van der Waals surface area contributed by atoms with E-state index in [1.165, 1.54) is 0 Å². The van der Waals surface area contributed by atoms with Crippen molar-refractivity contribution in [2.45, 2.75) is 20.4 Å². The molecule has 2 rings (SSSR count). The number of halogens is 2. The molecule has 0 bridgehead atoms. The fourth-order valence-corrected chi connectivity index (χ4v) is 2.10. The summed E-state index contributed by atoms with van der Waals surface area (Å²) in [5.74, 6) is 1.04. The Balaban J connectivity index is 2.39. The van der Waals surface area contributed by atoms with Crippen LogP contribution in [0.4, 0.5) is 5.69 Å². The molecule has 2 N–H and O–H groups in total. The Morgan fingerprint density at radius 1 is 1.28 bits per heavy atom. The number of rotatable bonds is 3. The van der Waals surface area contributed by atoms with E-state index in [1.54, 1.807) is 22.9 Å². The summed E-state index contributed by atoms with van der Waals surface area (Å²) < 4.78 is 7.41. The van der Waals surface area contributed by atoms with Crippen LogP contribution in [0.5, 0.6) is 11.6 Å². The second-order valence-corrected chi connectivity index (χ2v) is 4.70. The molecule has 0 fully saturated rings. The van der Waals surface area contributed by atoms with Gasteiger partial charge in [-0.1, -0.05) is 23.2 Å². The van der Waals surface area contributed by atoms with Crippen molar-refractivity contribution < 1.29 is 4.74 Å². The number of ether oxygens (including phenoxy) is 1. The van der Waals surface area contributed by atoms with Crippen molar-refractivity contribution in [3.05, 3.63) is 33.9 Å². The van der Waals surface area contributed by atoms with Gasteiger partial charge in [0.05, 0.1) is 5.69 Å². The zero-order valence-corrected chi connectivity index (χ0v) is 11.6. The van der Waals surface area contributed by atoms with Crippen molar-refractivity contribution in [3.63, 3.8) is 0 Å². The molecule has 1 aromatic carbocycles. The molecule has 1 heterocycles. The molecular weight excluding hydrogens is 273 g/mol. The van der Waals surface area contributed by atoms with E-state index in [1.807, 2.05) is 13.8 Å². The molecule has 0 radical (unpaired) electrons. The monoisotopic (exact) mass is 285 g/mol. The first kappa shape index (κ1) is 13.1. The Kier molecular flexibility index (Phi) is 3.68. The second-order valence-electron chi connectivity index (χ2n) is 3.83. The van der Waals surface area contributed by atoms with Gasteiger partial charge in [-0.3, -0.25) is 0 Å². The van der Waals surface area contributed by atoms with Crippen LogP contribution in [0, 0.1) is 6.92 Å². The lowest BCUT2D eigenvalue weighted by molar-refractivity contribution is 0.418. The molecule has 96 valence electrons. The van der Waals surface area contributed by atoms with Crippen molar-refractivity contribution in [3.8, 4) is 11.6 Å². The van der Waals surface area contributed by atoms with Crippen molar-refractivity contribution in [2.24, 2.45) is 0 Å². The van der Waals surface area contributed by atoms with Crippen molar-refractivity contribution >= 4 is 28.9 Å². The first-order chi connectivity index (χ1) is 8.51. The summed E-state index contributed by atoms with van der Waals surface area (Å²) in [5, 5.41) is 5.29. The summed E-state index contributed by atoms with van der Waals surface area (Å²) in [4.78, 5) is 0. The lowest BCUT2D eigenvalue weighted by Crippen LogP contribution is -2.00. The number of nitrogen functional groups attached to an aromatic ring is 1. The molecule has 0 atom stereocenters. The Labute approximate surface area is 115 Å². The maximum Gasteiger partial charge on any atom is 0.241 e. The van der Waals surface area contributed by atoms with Crippen molar-refractivity contribution in [1.82, 2.24) is 9.78 Å². The third-order valence-corrected chi connectivity index (χ3v) is 2.91. The van der Waals surface area contributed by atoms with Gasteiger partial charge < -0.3 is 10.5 Å². The van der Waals surface area contributed by atoms with Gasteiger partial charge in [-0.15, -0.1) is 0 Å². The van der Waals surface area contributed by atoms with Gasteiger partial charge in [0, 0.05) is 16.6 Å². The topological polar surface area (TPSA) is 53.1 Å². The van der Waals surface area contributed by atoms with Gasteiger partial charge in [-0.05, 0) is 32.0 Å². The standard InChI is InChI=1S/C12H13Cl2N3O/c1-3-17-12(11(15)7(2)16-17)18-10-5-8(13)4-9(14)6-10/h4-6H,3,15H2,1-2H3. The number of aryl methyl sites for hydroxylation is 2. The number of aromatic nitrogens is 2. The highest BCUT2D eigenvalue weighted by atomic mass is 35.5. The van der Waals surface area contributed by atoms with Gasteiger partial charge in [0.2, 0.25) is 5.88 Å².